The van der Waals surface area contributed by atoms with Gasteiger partial charge in [-0.25, -0.2) is 17.6 Å². The Bertz CT molecular complexity index is 1510. The van der Waals surface area contributed by atoms with Gasteiger partial charge in [-0.05, 0) is 41.1 Å². The summed E-state index contributed by atoms with van der Waals surface area (Å²) in [6.07, 6.45) is -4.94. The molecule has 0 amide bonds. The minimum atomic E-state index is -4.94. The van der Waals surface area contributed by atoms with Crippen LogP contribution >= 0.6 is 0 Å². The predicted molar refractivity (Wildman–Crippen MR) is 118 cm³/mol. The SMILES string of the molecule is CC12COC(C#Cc3cc(F)c(-c4ccc5c(F)c(C#CC(F)(F)F)c(F)cc5c4)c(F)c3)(OC1)OC2. The average molecular weight is 520 g/mol. The van der Waals surface area contributed by atoms with E-state index in [-0.39, 0.29) is 27.3 Å². The van der Waals surface area contributed by atoms with Gasteiger partial charge in [-0.2, -0.15) is 13.2 Å². The maximum Gasteiger partial charge on any atom is 0.458 e. The molecule has 0 aromatic heterocycles. The zero-order valence-electron chi connectivity index (χ0n) is 19.0. The lowest BCUT2D eigenvalue weighted by atomic mass is 9.92. The Balaban J connectivity index is 1.48. The van der Waals surface area contributed by atoms with E-state index in [1.807, 2.05) is 6.92 Å². The second-order valence-electron chi connectivity index (χ2n) is 9.03. The fourth-order valence-corrected chi connectivity index (χ4v) is 3.97. The first kappa shape index (κ1) is 25.1. The molecule has 3 aliphatic heterocycles. The maximum atomic E-state index is 15.0. The predicted octanol–water partition coefficient (Wildman–Crippen LogP) is 6.07. The van der Waals surface area contributed by atoms with E-state index in [9.17, 15) is 30.7 Å². The highest BCUT2D eigenvalue weighted by Crippen LogP contribution is 2.38. The molecule has 3 aromatic rings. The third-order valence-electron chi connectivity index (χ3n) is 5.88. The largest absolute Gasteiger partial charge is 0.458 e. The highest BCUT2D eigenvalue weighted by Gasteiger charge is 2.49. The zero-order valence-corrected chi connectivity index (χ0v) is 19.0. The van der Waals surface area contributed by atoms with E-state index in [4.69, 9.17) is 14.2 Å². The van der Waals surface area contributed by atoms with Crippen LogP contribution in [0.3, 0.4) is 0 Å². The number of halogens is 7. The minimum absolute atomic E-state index is 0.0337. The van der Waals surface area contributed by atoms with E-state index in [1.165, 1.54) is 5.92 Å². The lowest BCUT2D eigenvalue weighted by molar-refractivity contribution is -0.436. The first-order valence-electron chi connectivity index (χ1n) is 10.8. The fourth-order valence-electron chi connectivity index (χ4n) is 3.97. The van der Waals surface area contributed by atoms with Crippen molar-refractivity contribution in [3.8, 4) is 34.8 Å². The first-order valence-corrected chi connectivity index (χ1v) is 10.8. The first-order chi connectivity index (χ1) is 17.4. The summed E-state index contributed by atoms with van der Waals surface area (Å²) in [6, 6.07) is 6.04. The number of hydrogen-bond donors (Lipinski definition) is 0. The Hall–Kier alpha value is -3.57. The molecule has 3 aromatic carbocycles. The molecule has 3 nitrogen and oxygen atoms in total. The standard InChI is InChI=1S/C27H15F7O3/c1-25-12-35-27(36-13-25,37-14-25)7-4-15-8-21(29)23(22(30)9-15)16-2-3-18-17(10-16)11-20(28)19(24(18)31)5-6-26(32,33)34/h2-3,8-11H,12-14H2,1H3. The van der Waals surface area contributed by atoms with Crippen molar-refractivity contribution in [1.29, 1.82) is 0 Å². The number of benzene rings is 3. The molecular formula is C27H15F7O3. The lowest BCUT2D eigenvalue weighted by Crippen LogP contribution is -2.58. The van der Waals surface area contributed by atoms with Gasteiger partial charge < -0.3 is 14.2 Å². The molecule has 3 heterocycles. The smallest absolute Gasteiger partial charge is 0.316 e. The van der Waals surface area contributed by atoms with E-state index < -0.39 is 46.5 Å². The van der Waals surface area contributed by atoms with Crippen LogP contribution in [-0.2, 0) is 14.2 Å². The van der Waals surface area contributed by atoms with Crippen LogP contribution in [0.2, 0.25) is 0 Å². The Morgan fingerprint density at radius 1 is 0.811 bits per heavy atom. The summed E-state index contributed by atoms with van der Waals surface area (Å²) in [7, 11) is 0. The Kier molecular flexibility index (Phi) is 5.95. The van der Waals surface area contributed by atoms with Gasteiger partial charge in [-0.15, -0.1) is 0 Å². The van der Waals surface area contributed by atoms with Gasteiger partial charge in [0.1, 0.15) is 23.3 Å². The molecule has 3 fully saturated rings. The van der Waals surface area contributed by atoms with Gasteiger partial charge in [0, 0.05) is 22.3 Å². The second kappa shape index (κ2) is 8.77. The van der Waals surface area contributed by atoms with E-state index in [0.717, 1.165) is 42.3 Å². The number of fused-ring (bicyclic) bond motifs is 4. The van der Waals surface area contributed by atoms with E-state index in [0.29, 0.717) is 19.8 Å². The molecule has 37 heavy (non-hydrogen) atoms. The molecule has 0 spiro atoms. The van der Waals surface area contributed by atoms with Crippen LogP contribution in [0.5, 0.6) is 0 Å². The Labute approximate surface area is 206 Å². The Morgan fingerprint density at radius 3 is 2.03 bits per heavy atom. The average Bonchev–Trinajstić information content (AvgIpc) is 2.82. The van der Waals surface area contributed by atoms with Crippen LogP contribution < -0.4 is 0 Å². The monoisotopic (exact) mass is 520 g/mol. The topological polar surface area (TPSA) is 27.7 Å². The van der Waals surface area contributed by atoms with Crippen molar-refractivity contribution < 1.29 is 44.9 Å². The maximum absolute atomic E-state index is 15.0. The van der Waals surface area contributed by atoms with Crippen LogP contribution in [-0.4, -0.2) is 32.0 Å². The molecule has 0 N–H and O–H groups in total. The molecule has 0 aliphatic carbocycles. The van der Waals surface area contributed by atoms with Crippen LogP contribution in [0.15, 0.2) is 36.4 Å². The van der Waals surface area contributed by atoms with Gasteiger partial charge in [-0.1, -0.05) is 30.9 Å². The zero-order chi connectivity index (χ0) is 26.6. The number of alkyl halides is 3. The molecular weight excluding hydrogens is 505 g/mol. The summed E-state index contributed by atoms with van der Waals surface area (Å²) in [6.45, 7) is 2.97. The highest BCUT2D eigenvalue weighted by atomic mass is 19.4. The van der Waals surface area contributed by atoms with E-state index in [2.05, 4.69) is 11.8 Å². The van der Waals surface area contributed by atoms with E-state index >= 15 is 0 Å². The van der Waals surface area contributed by atoms with Crippen LogP contribution in [0.25, 0.3) is 21.9 Å². The van der Waals surface area contributed by atoms with Gasteiger partial charge in [0.15, 0.2) is 0 Å². The third kappa shape index (κ3) is 4.88. The van der Waals surface area contributed by atoms with Crippen molar-refractivity contribution in [2.45, 2.75) is 19.1 Å². The number of hydrogen-bond acceptors (Lipinski definition) is 3. The summed E-state index contributed by atoms with van der Waals surface area (Å²) < 4.78 is 112. The molecule has 3 aliphatic rings. The fraction of sp³-hybridized carbons (Fsp3) is 0.259. The summed E-state index contributed by atoms with van der Waals surface area (Å²) in [5.41, 5.74) is -1.92. The van der Waals surface area contributed by atoms with Crippen LogP contribution in [0, 0.1) is 52.4 Å². The summed E-state index contributed by atoms with van der Waals surface area (Å²) in [5, 5.41) is -0.393. The molecule has 2 bridgehead atoms. The lowest BCUT2D eigenvalue weighted by Gasteiger charge is -2.47. The molecule has 10 heteroatoms. The van der Waals surface area contributed by atoms with Gasteiger partial charge in [0.2, 0.25) is 0 Å². The summed E-state index contributed by atoms with van der Waals surface area (Å²) in [4.78, 5) is 0. The van der Waals surface area contributed by atoms with Gasteiger partial charge in [-0.3, -0.25) is 0 Å². The van der Waals surface area contributed by atoms with Crippen molar-refractivity contribution >= 4 is 10.8 Å². The molecule has 6 rings (SSSR count). The third-order valence-corrected chi connectivity index (χ3v) is 5.88. The Morgan fingerprint density at radius 2 is 1.43 bits per heavy atom. The second-order valence-corrected chi connectivity index (χ2v) is 9.03. The van der Waals surface area contributed by atoms with Crippen LogP contribution in [0.1, 0.15) is 18.1 Å². The summed E-state index contributed by atoms with van der Waals surface area (Å²) >= 11 is 0. The minimum Gasteiger partial charge on any atom is -0.316 e. The quantitative estimate of drug-likeness (QED) is 0.288. The number of ether oxygens (including phenoxy) is 3. The van der Waals surface area contributed by atoms with Gasteiger partial charge >= 0.3 is 12.1 Å². The van der Waals surface area contributed by atoms with Crippen molar-refractivity contribution in [2.24, 2.45) is 5.41 Å². The molecule has 190 valence electrons. The normalized spacial score (nSPS) is 22.8. The number of rotatable bonds is 1. The van der Waals surface area contributed by atoms with Crippen molar-refractivity contribution in [3.63, 3.8) is 0 Å². The molecule has 0 radical (unpaired) electrons. The molecule has 0 atom stereocenters. The molecule has 0 unspecified atom stereocenters. The molecule has 0 saturated carbocycles. The van der Waals surface area contributed by atoms with Crippen LogP contribution in [0.4, 0.5) is 30.7 Å². The van der Waals surface area contributed by atoms with Crippen molar-refractivity contribution in [3.05, 3.63) is 70.8 Å². The summed E-state index contributed by atoms with van der Waals surface area (Å²) in [5.74, 6) is 1.18. The molecule has 3 saturated heterocycles. The van der Waals surface area contributed by atoms with Gasteiger partial charge in [0.25, 0.3) is 0 Å². The van der Waals surface area contributed by atoms with Crippen molar-refractivity contribution in [2.75, 3.05) is 19.8 Å². The van der Waals surface area contributed by atoms with E-state index in [1.54, 1.807) is 0 Å². The van der Waals surface area contributed by atoms with Crippen molar-refractivity contribution in [1.82, 2.24) is 0 Å². The highest BCUT2D eigenvalue weighted by molar-refractivity contribution is 5.89. The van der Waals surface area contributed by atoms with Gasteiger partial charge in [0.05, 0.1) is 30.9 Å².